The monoisotopic (exact) mass is 387 g/mol. The fraction of sp³-hybridized carbons (Fsp3) is 0.636. The molecule has 6 nitrogen and oxygen atoms in total. The Morgan fingerprint density at radius 2 is 2.04 bits per heavy atom. The molecular weight excluding hydrogens is 354 g/mol. The van der Waals surface area contributed by atoms with Crippen LogP contribution in [0.2, 0.25) is 0 Å². The summed E-state index contributed by atoms with van der Waals surface area (Å²) < 4.78 is 0. The normalized spacial score (nSPS) is 25.5. The zero-order valence-corrected chi connectivity index (χ0v) is 17.2. The minimum Gasteiger partial charge on any atom is -0.353 e. The number of nitrogens with zero attached hydrogens (tertiary/aromatic N) is 2. The van der Waals surface area contributed by atoms with Crippen molar-refractivity contribution in [3.05, 3.63) is 35.9 Å². The standard InChI is InChI=1S/C22H33N3O3/c1-16(2)11-19(15-26)24(3)22(27)28-23-21-10-9-18-13-25(14-20(18)21)12-17-7-5-4-6-8-17/h4-8,15-16,18-21,23H,9-14H2,1-3H3/t18-,19+,20+,21+/m1/s1. The summed E-state index contributed by atoms with van der Waals surface area (Å²) in [5.41, 5.74) is 4.35. The number of aldehydes is 1. The van der Waals surface area contributed by atoms with Crippen LogP contribution < -0.4 is 5.48 Å². The molecule has 2 aliphatic rings. The van der Waals surface area contributed by atoms with E-state index in [9.17, 15) is 9.59 Å². The van der Waals surface area contributed by atoms with E-state index in [4.69, 9.17) is 4.84 Å². The summed E-state index contributed by atoms with van der Waals surface area (Å²) in [6, 6.07) is 10.3. The number of fused-ring (bicyclic) bond motifs is 1. The van der Waals surface area contributed by atoms with E-state index < -0.39 is 12.1 Å². The molecule has 1 saturated heterocycles. The van der Waals surface area contributed by atoms with Crippen LogP contribution in [0.4, 0.5) is 4.79 Å². The van der Waals surface area contributed by atoms with Crippen LogP contribution in [0.1, 0.15) is 38.7 Å². The first kappa shape index (κ1) is 20.8. The Labute approximate surface area is 168 Å². The van der Waals surface area contributed by atoms with Crippen LogP contribution in [0.5, 0.6) is 0 Å². The van der Waals surface area contributed by atoms with Gasteiger partial charge in [-0.05, 0) is 42.6 Å². The maximum atomic E-state index is 12.4. The first-order valence-corrected chi connectivity index (χ1v) is 10.4. The van der Waals surface area contributed by atoms with Gasteiger partial charge in [-0.1, -0.05) is 44.2 Å². The predicted molar refractivity (Wildman–Crippen MR) is 108 cm³/mol. The third-order valence-corrected chi connectivity index (χ3v) is 6.13. The minimum atomic E-state index is -0.486. The van der Waals surface area contributed by atoms with Crippen molar-refractivity contribution < 1.29 is 14.4 Å². The molecule has 0 spiro atoms. The molecular formula is C22H33N3O3. The van der Waals surface area contributed by atoms with E-state index in [2.05, 4.69) is 34.6 Å². The lowest BCUT2D eigenvalue weighted by atomic mass is 9.98. The lowest BCUT2D eigenvalue weighted by Gasteiger charge is -2.26. The summed E-state index contributed by atoms with van der Waals surface area (Å²) >= 11 is 0. The maximum Gasteiger partial charge on any atom is 0.429 e. The van der Waals surface area contributed by atoms with Gasteiger partial charge in [0.25, 0.3) is 0 Å². The van der Waals surface area contributed by atoms with Gasteiger partial charge in [-0.3, -0.25) is 4.90 Å². The SMILES string of the molecule is CC(C)C[C@@H](C=O)N(C)C(=O)ON[C@H]1CC[C@@H]2CN(Cc3ccccc3)C[C@@H]21. The zero-order valence-electron chi connectivity index (χ0n) is 17.2. The molecule has 6 heteroatoms. The fourth-order valence-corrected chi connectivity index (χ4v) is 4.60. The van der Waals surface area contributed by atoms with Crippen molar-refractivity contribution in [3.8, 4) is 0 Å². The summed E-state index contributed by atoms with van der Waals surface area (Å²) in [5.74, 6) is 1.49. The Morgan fingerprint density at radius 1 is 1.29 bits per heavy atom. The molecule has 1 heterocycles. The van der Waals surface area contributed by atoms with Crippen molar-refractivity contribution in [2.24, 2.45) is 17.8 Å². The Bertz CT molecular complexity index is 652. The molecule has 1 amide bonds. The highest BCUT2D eigenvalue weighted by atomic mass is 16.7. The predicted octanol–water partition coefficient (Wildman–Crippen LogP) is 3.08. The highest BCUT2D eigenvalue weighted by molar-refractivity contribution is 5.72. The molecule has 4 atom stereocenters. The van der Waals surface area contributed by atoms with Gasteiger partial charge < -0.3 is 14.5 Å². The molecule has 0 radical (unpaired) electrons. The number of amides is 1. The van der Waals surface area contributed by atoms with Crippen LogP contribution in [-0.2, 0) is 16.2 Å². The van der Waals surface area contributed by atoms with Crippen LogP contribution in [0.3, 0.4) is 0 Å². The Balaban J connectivity index is 1.48. The first-order chi connectivity index (χ1) is 13.5. The van der Waals surface area contributed by atoms with Crippen LogP contribution in [0.25, 0.3) is 0 Å². The van der Waals surface area contributed by atoms with Crippen molar-refractivity contribution in [1.82, 2.24) is 15.3 Å². The van der Waals surface area contributed by atoms with Gasteiger partial charge in [-0.2, -0.15) is 0 Å². The van der Waals surface area contributed by atoms with Crippen LogP contribution >= 0.6 is 0 Å². The third-order valence-electron chi connectivity index (χ3n) is 6.13. The molecule has 28 heavy (non-hydrogen) atoms. The summed E-state index contributed by atoms with van der Waals surface area (Å²) in [6.07, 6.45) is 3.16. The number of carbonyl (C=O) groups is 2. The lowest BCUT2D eigenvalue weighted by Crippen LogP contribution is -2.44. The van der Waals surface area contributed by atoms with Crippen molar-refractivity contribution in [2.75, 3.05) is 20.1 Å². The Morgan fingerprint density at radius 3 is 2.71 bits per heavy atom. The van der Waals surface area contributed by atoms with E-state index in [1.54, 1.807) is 7.05 Å². The number of hydrogen-bond donors (Lipinski definition) is 1. The van der Waals surface area contributed by atoms with Gasteiger partial charge in [-0.25, -0.2) is 4.79 Å². The summed E-state index contributed by atoms with van der Waals surface area (Å²) in [6.45, 7) is 7.17. The molecule has 0 unspecified atom stereocenters. The van der Waals surface area contributed by atoms with E-state index in [0.717, 1.165) is 38.8 Å². The molecule has 1 saturated carbocycles. The molecule has 2 fully saturated rings. The maximum absolute atomic E-state index is 12.4. The minimum absolute atomic E-state index is 0.183. The topological polar surface area (TPSA) is 61.9 Å². The molecule has 1 aromatic carbocycles. The Hall–Kier alpha value is -1.92. The van der Waals surface area contributed by atoms with E-state index in [1.807, 2.05) is 19.9 Å². The molecule has 0 aromatic heterocycles. The van der Waals surface area contributed by atoms with Gasteiger partial charge in [0, 0.05) is 32.7 Å². The molecule has 154 valence electrons. The quantitative estimate of drug-likeness (QED) is 0.549. The molecule has 1 N–H and O–H groups in total. The number of benzene rings is 1. The van der Waals surface area contributed by atoms with Gasteiger partial charge in [0.1, 0.15) is 6.29 Å². The van der Waals surface area contributed by atoms with Crippen molar-refractivity contribution >= 4 is 12.4 Å². The summed E-state index contributed by atoms with van der Waals surface area (Å²) in [5, 5.41) is 0. The van der Waals surface area contributed by atoms with Gasteiger partial charge in [-0.15, -0.1) is 5.48 Å². The second-order valence-corrected chi connectivity index (χ2v) is 8.72. The van der Waals surface area contributed by atoms with Gasteiger partial charge in [0.05, 0.1) is 6.04 Å². The average molecular weight is 388 g/mol. The third kappa shape index (κ3) is 5.11. The second-order valence-electron chi connectivity index (χ2n) is 8.72. The number of carbonyl (C=O) groups excluding carboxylic acids is 2. The zero-order chi connectivity index (χ0) is 20.1. The summed E-state index contributed by atoms with van der Waals surface area (Å²) in [4.78, 5) is 32.9. The van der Waals surface area contributed by atoms with Gasteiger partial charge in [0.2, 0.25) is 0 Å². The van der Waals surface area contributed by atoms with Crippen molar-refractivity contribution in [1.29, 1.82) is 0 Å². The smallest absolute Gasteiger partial charge is 0.353 e. The van der Waals surface area contributed by atoms with Crippen LogP contribution in [0, 0.1) is 17.8 Å². The molecule has 1 aromatic rings. The molecule has 3 rings (SSSR count). The average Bonchev–Trinajstić information content (AvgIpc) is 3.24. The number of hydrogen-bond acceptors (Lipinski definition) is 5. The lowest BCUT2D eigenvalue weighted by molar-refractivity contribution is -0.112. The first-order valence-electron chi connectivity index (χ1n) is 10.4. The molecule has 1 aliphatic carbocycles. The second kappa shape index (κ2) is 9.52. The number of nitrogens with one attached hydrogen (secondary N) is 1. The number of likely N-dealkylation sites (N-methyl/N-ethyl adjacent to an activating group) is 1. The van der Waals surface area contributed by atoms with Crippen LogP contribution in [-0.4, -0.2) is 54.4 Å². The largest absolute Gasteiger partial charge is 0.429 e. The van der Waals surface area contributed by atoms with E-state index in [-0.39, 0.29) is 6.04 Å². The number of likely N-dealkylation sites (tertiary alicyclic amines) is 1. The van der Waals surface area contributed by atoms with Crippen molar-refractivity contribution in [3.63, 3.8) is 0 Å². The molecule has 1 aliphatic heterocycles. The Kier molecular flexibility index (Phi) is 7.08. The van der Waals surface area contributed by atoms with E-state index in [1.165, 1.54) is 10.5 Å². The number of rotatable bonds is 8. The van der Waals surface area contributed by atoms with Gasteiger partial charge >= 0.3 is 6.09 Å². The fourth-order valence-electron chi connectivity index (χ4n) is 4.60. The highest BCUT2D eigenvalue weighted by Crippen LogP contribution is 2.38. The van der Waals surface area contributed by atoms with Gasteiger partial charge in [0.15, 0.2) is 0 Å². The number of hydroxylamine groups is 1. The van der Waals surface area contributed by atoms with E-state index >= 15 is 0 Å². The van der Waals surface area contributed by atoms with Crippen molar-refractivity contribution in [2.45, 2.75) is 51.7 Å². The van der Waals surface area contributed by atoms with E-state index in [0.29, 0.717) is 24.2 Å². The van der Waals surface area contributed by atoms with Crippen LogP contribution in [0.15, 0.2) is 30.3 Å². The summed E-state index contributed by atoms with van der Waals surface area (Å²) in [7, 11) is 1.63. The highest BCUT2D eigenvalue weighted by Gasteiger charge is 2.43. The molecule has 0 bridgehead atoms.